The molecule has 0 radical (unpaired) electrons. The number of urea groups is 1. The van der Waals surface area contributed by atoms with E-state index in [0.29, 0.717) is 40.1 Å². The van der Waals surface area contributed by atoms with Crippen LogP contribution in [0.15, 0.2) is 36.5 Å². The van der Waals surface area contributed by atoms with E-state index >= 15 is 0 Å². The van der Waals surface area contributed by atoms with Crippen LogP contribution in [0.1, 0.15) is 26.2 Å². The molecule has 7 nitrogen and oxygen atoms in total. The van der Waals surface area contributed by atoms with E-state index in [1.165, 1.54) is 0 Å². The van der Waals surface area contributed by atoms with Gasteiger partial charge in [0.1, 0.15) is 22.2 Å². The summed E-state index contributed by atoms with van der Waals surface area (Å²) in [7, 11) is 0. The van der Waals surface area contributed by atoms with Crippen molar-refractivity contribution in [2.75, 3.05) is 10.8 Å². The first-order chi connectivity index (χ1) is 13.1. The summed E-state index contributed by atoms with van der Waals surface area (Å²) < 4.78 is 1.16. The van der Waals surface area contributed by atoms with Crippen molar-refractivity contribution < 1.29 is 4.79 Å². The van der Waals surface area contributed by atoms with Gasteiger partial charge in [0.25, 0.3) is 0 Å². The molecule has 3 aromatic heterocycles. The zero-order chi connectivity index (χ0) is 19.2. The van der Waals surface area contributed by atoms with Crippen LogP contribution in [0.25, 0.3) is 22.6 Å². The van der Waals surface area contributed by atoms with Gasteiger partial charge in [0, 0.05) is 6.54 Å². The lowest BCUT2D eigenvalue weighted by molar-refractivity contribution is 0.249. The SMILES string of the molecule is CCCCCNC(=O)N(S)c1ccc2ncc(-c3cccc(Cl)n3)nc2n1. The monoisotopic (exact) mass is 402 g/mol. The maximum atomic E-state index is 12.2. The Kier molecular flexibility index (Phi) is 6.41. The number of nitrogens with zero attached hydrogens (tertiary/aromatic N) is 5. The Hall–Kier alpha value is -2.45. The van der Waals surface area contributed by atoms with E-state index in [0.717, 1.165) is 23.6 Å². The molecule has 3 aromatic rings. The van der Waals surface area contributed by atoms with Crippen molar-refractivity contribution in [1.29, 1.82) is 0 Å². The lowest BCUT2D eigenvalue weighted by Gasteiger charge is -2.15. The average molecular weight is 403 g/mol. The van der Waals surface area contributed by atoms with Gasteiger partial charge in [0.05, 0.1) is 11.9 Å². The molecule has 0 unspecified atom stereocenters. The number of hydrogen-bond donors (Lipinski definition) is 2. The van der Waals surface area contributed by atoms with Crippen molar-refractivity contribution in [2.45, 2.75) is 26.2 Å². The fraction of sp³-hybridized carbons (Fsp3) is 0.278. The van der Waals surface area contributed by atoms with E-state index in [1.807, 2.05) is 0 Å². The molecule has 0 saturated heterocycles. The third-order valence-electron chi connectivity index (χ3n) is 3.84. The molecule has 9 heteroatoms. The molecule has 140 valence electrons. The number of carbonyl (C=O) groups excluding carboxylic acids is 1. The second-order valence-corrected chi connectivity index (χ2v) is 6.65. The normalized spacial score (nSPS) is 10.8. The Labute approximate surface area is 167 Å². The molecule has 0 fully saturated rings. The van der Waals surface area contributed by atoms with Crippen LogP contribution in [0.2, 0.25) is 5.15 Å². The largest absolute Gasteiger partial charge is 0.337 e. The molecule has 0 bridgehead atoms. The first-order valence-corrected chi connectivity index (χ1v) is 9.40. The number of halogens is 1. The topological polar surface area (TPSA) is 83.9 Å². The molecule has 3 rings (SSSR count). The molecular weight excluding hydrogens is 384 g/mol. The smallest absolute Gasteiger partial charge is 0.333 e. The molecule has 27 heavy (non-hydrogen) atoms. The van der Waals surface area contributed by atoms with E-state index in [-0.39, 0.29) is 6.03 Å². The quantitative estimate of drug-likeness (QED) is 0.365. The van der Waals surface area contributed by atoms with Gasteiger partial charge < -0.3 is 5.32 Å². The van der Waals surface area contributed by atoms with E-state index in [9.17, 15) is 4.79 Å². The van der Waals surface area contributed by atoms with Gasteiger partial charge in [0.2, 0.25) is 0 Å². The molecule has 0 aliphatic heterocycles. The van der Waals surface area contributed by atoms with Gasteiger partial charge in [-0.05, 0) is 30.7 Å². The highest BCUT2D eigenvalue weighted by molar-refractivity contribution is 7.82. The lowest BCUT2D eigenvalue weighted by Crippen LogP contribution is -2.35. The number of rotatable bonds is 6. The number of nitrogens with one attached hydrogen (secondary N) is 1. The summed E-state index contributed by atoms with van der Waals surface area (Å²) >= 11 is 10.2. The number of unbranched alkanes of at least 4 members (excludes halogenated alkanes) is 2. The number of thiol groups is 1. The van der Waals surface area contributed by atoms with Crippen LogP contribution in [0, 0.1) is 0 Å². The Morgan fingerprint density at radius 2 is 2.00 bits per heavy atom. The summed E-state index contributed by atoms with van der Waals surface area (Å²) in [6, 6.07) is 8.36. The fourth-order valence-electron chi connectivity index (χ4n) is 2.43. The van der Waals surface area contributed by atoms with Gasteiger partial charge in [-0.2, -0.15) is 0 Å². The molecule has 0 saturated carbocycles. The van der Waals surface area contributed by atoms with Crippen molar-refractivity contribution in [1.82, 2.24) is 25.3 Å². The summed E-state index contributed by atoms with van der Waals surface area (Å²) in [5.74, 6) is 0.365. The first kappa shape index (κ1) is 19.3. The van der Waals surface area contributed by atoms with Gasteiger partial charge in [-0.3, -0.25) is 4.98 Å². The minimum atomic E-state index is -0.332. The molecule has 0 atom stereocenters. The highest BCUT2D eigenvalue weighted by atomic mass is 35.5. The minimum Gasteiger partial charge on any atom is -0.337 e. The number of pyridine rings is 2. The zero-order valence-electron chi connectivity index (χ0n) is 14.8. The van der Waals surface area contributed by atoms with Crippen LogP contribution in [0.5, 0.6) is 0 Å². The molecule has 1 N–H and O–H groups in total. The Balaban J connectivity index is 1.82. The van der Waals surface area contributed by atoms with E-state index in [4.69, 9.17) is 11.6 Å². The molecule has 3 heterocycles. The van der Waals surface area contributed by atoms with E-state index in [2.05, 4.69) is 45.0 Å². The van der Waals surface area contributed by atoms with Crippen molar-refractivity contribution in [3.8, 4) is 11.4 Å². The molecule has 0 spiro atoms. The third kappa shape index (κ3) is 4.84. The third-order valence-corrected chi connectivity index (χ3v) is 4.43. The first-order valence-electron chi connectivity index (χ1n) is 8.62. The number of fused-ring (bicyclic) bond motifs is 1. The van der Waals surface area contributed by atoms with Crippen LogP contribution < -0.4 is 9.62 Å². The van der Waals surface area contributed by atoms with Crippen molar-refractivity contribution >= 4 is 47.4 Å². The summed E-state index contributed by atoms with van der Waals surface area (Å²) in [5, 5.41) is 3.19. The van der Waals surface area contributed by atoms with Crippen LogP contribution in [-0.2, 0) is 0 Å². The highest BCUT2D eigenvalue weighted by Gasteiger charge is 2.14. The minimum absolute atomic E-state index is 0.332. The maximum Gasteiger partial charge on any atom is 0.333 e. The summed E-state index contributed by atoms with van der Waals surface area (Å²) in [4.78, 5) is 29.7. The van der Waals surface area contributed by atoms with Crippen LogP contribution in [-0.4, -0.2) is 32.5 Å². The number of carbonyl (C=O) groups is 1. The summed E-state index contributed by atoms with van der Waals surface area (Å²) in [6.45, 7) is 2.71. The molecule has 0 aliphatic carbocycles. The number of anilines is 1. The van der Waals surface area contributed by atoms with Crippen LogP contribution in [0.4, 0.5) is 10.6 Å². The Bertz CT molecular complexity index is 954. The van der Waals surface area contributed by atoms with Crippen molar-refractivity contribution in [3.63, 3.8) is 0 Å². The second-order valence-electron chi connectivity index (χ2n) is 5.86. The predicted molar refractivity (Wildman–Crippen MR) is 110 cm³/mol. The standard InChI is InChI=1S/C18H19ClN6OS/c1-2-3-4-10-20-18(26)25(27)16-9-8-13-17(24-16)23-14(11-21-13)12-6-5-7-15(19)22-12/h5-9,11,27H,2-4,10H2,1H3,(H,20,26). The summed E-state index contributed by atoms with van der Waals surface area (Å²) in [5.41, 5.74) is 2.14. The van der Waals surface area contributed by atoms with Crippen molar-refractivity contribution in [3.05, 3.63) is 41.7 Å². The predicted octanol–water partition coefficient (Wildman–Crippen LogP) is 4.29. The fourth-order valence-corrected chi connectivity index (χ4v) is 2.78. The van der Waals surface area contributed by atoms with Gasteiger partial charge in [-0.1, -0.05) is 50.2 Å². The Morgan fingerprint density at radius 1 is 1.15 bits per heavy atom. The zero-order valence-corrected chi connectivity index (χ0v) is 16.4. The molecule has 0 aromatic carbocycles. The second kappa shape index (κ2) is 8.96. The van der Waals surface area contributed by atoms with E-state index in [1.54, 1.807) is 36.5 Å². The van der Waals surface area contributed by atoms with Gasteiger partial charge in [-0.15, -0.1) is 0 Å². The number of aromatic nitrogens is 4. The van der Waals surface area contributed by atoms with Crippen LogP contribution >= 0.6 is 24.4 Å². The van der Waals surface area contributed by atoms with E-state index < -0.39 is 0 Å². The number of amides is 2. The van der Waals surface area contributed by atoms with Gasteiger partial charge in [0.15, 0.2) is 5.65 Å². The maximum absolute atomic E-state index is 12.2. The lowest BCUT2D eigenvalue weighted by atomic mass is 10.2. The molecule has 2 amide bonds. The highest BCUT2D eigenvalue weighted by Crippen LogP contribution is 2.21. The average Bonchev–Trinajstić information content (AvgIpc) is 2.69. The van der Waals surface area contributed by atoms with Crippen LogP contribution in [0.3, 0.4) is 0 Å². The number of hydrogen-bond acceptors (Lipinski definition) is 6. The van der Waals surface area contributed by atoms with Gasteiger partial charge in [-0.25, -0.2) is 24.1 Å². The summed E-state index contributed by atoms with van der Waals surface area (Å²) in [6.07, 6.45) is 4.70. The van der Waals surface area contributed by atoms with Gasteiger partial charge >= 0.3 is 6.03 Å². The Morgan fingerprint density at radius 3 is 2.78 bits per heavy atom. The van der Waals surface area contributed by atoms with Crippen molar-refractivity contribution in [2.24, 2.45) is 0 Å². The molecule has 0 aliphatic rings. The molecular formula is C18H19ClN6OS.